The molecule has 20 heavy (non-hydrogen) atoms. The second-order valence-electron chi connectivity index (χ2n) is 5.72. The van der Waals surface area contributed by atoms with Crippen LogP contribution in [-0.2, 0) is 9.53 Å². The maximum Gasteiger partial charge on any atom is 0.309 e. The third-order valence-electron chi connectivity index (χ3n) is 4.39. The third-order valence-corrected chi connectivity index (χ3v) is 4.39. The largest absolute Gasteiger partial charge is 0.458 e. The Hall–Kier alpha value is -1.17. The van der Waals surface area contributed by atoms with Crippen molar-refractivity contribution < 1.29 is 24.9 Å². The highest BCUT2D eigenvalue weighted by Gasteiger charge is 2.41. The molecule has 5 nitrogen and oxygen atoms in total. The Labute approximate surface area is 118 Å². The number of carbonyl (C=O) groups is 1. The zero-order chi connectivity index (χ0) is 14.9. The molecule has 0 aromatic heterocycles. The Morgan fingerprint density at radius 1 is 1.40 bits per heavy atom. The van der Waals surface area contributed by atoms with Crippen LogP contribution in [0.4, 0.5) is 0 Å². The molecule has 0 spiro atoms. The Morgan fingerprint density at radius 3 is 2.75 bits per heavy atom. The molecule has 1 aliphatic carbocycles. The van der Waals surface area contributed by atoms with E-state index in [4.69, 9.17) is 4.74 Å². The highest BCUT2D eigenvalue weighted by Crippen LogP contribution is 2.35. The van der Waals surface area contributed by atoms with E-state index in [0.29, 0.717) is 24.0 Å². The number of esters is 1. The Balaban J connectivity index is 2.31. The zero-order valence-electron chi connectivity index (χ0n) is 11.7. The Bertz CT molecular complexity index is 428. The minimum absolute atomic E-state index is 0.0155. The van der Waals surface area contributed by atoms with Crippen LogP contribution in [0.1, 0.15) is 26.2 Å². The van der Waals surface area contributed by atoms with E-state index in [1.807, 2.05) is 6.92 Å². The standard InChI is InChI=1S/C15H22O5/c1-8-3-4-11-9(2)15(19)20-14(11)5-10(7-16)13(18)6-12(8)17/h5,9,11-14,16-18H,1,3-4,6-7H2,2H3/b10-5-/t9-,11+,12-,13+,14-/m1/s1. The van der Waals surface area contributed by atoms with Gasteiger partial charge in [-0.15, -0.1) is 0 Å². The summed E-state index contributed by atoms with van der Waals surface area (Å²) in [6.45, 7) is 5.34. The normalized spacial score (nSPS) is 41.6. The lowest BCUT2D eigenvalue weighted by Crippen LogP contribution is -2.27. The lowest BCUT2D eigenvalue weighted by molar-refractivity contribution is -0.142. The molecule has 0 radical (unpaired) electrons. The van der Waals surface area contributed by atoms with Crippen molar-refractivity contribution in [3.63, 3.8) is 0 Å². The van der Waals surface area contributed by atoms with Gasteiger partial charge in [0.15, 0.2) is 0 Å². The van der Waals surface area contributed by atoms with Crippen molar-refractivity contribution in [2.45, 2.75) is 44.5 Å². The van der Waals surface area contributed by atoms with E-state index in [9.17, 15) is 20.1 Å². The third kappa shape index (κ3) is 2.95. The van der Waals surface area contributed by atoms with Crippen molar-refractivity contribution in [1.82, 2.24) is 0 Å². The van der Waals surface area contributed by atoms with Crippen molar-refractivity contribution in [2.24, 2.45) is 11.8 Å². The fourth-order valence-electron chi connectivity index (χ4n) is 2.89. The molecule has 0 aromatic carbocycles. The van der Waals surface area contributed by atoms with E-state index in [2.05, 4.69) is 6.58 Å². The summed E-state index contributed by atoms with van der Waals surface area (Å²) in [6, 6.07) is 0. The van der Waals surface area contributed by atoms with Crippen molar-refractivity contribution in [3.05, 3.63) is 23.8 Å². The van der Waals surface area contributed by atoms with Gasteiger partial charge in [-0.3, -0.25) is 4.79 Å². The van der Waals surface area contributed by atoms with Crippen LogP contribution < -0.4 is 0 Å². The molecular formula is C15H22O5. The van der Waals surface area contributed by atoms with Crippen molar-refractivity contribution in [2.75, 3.05) is 6.61 Å². The van der Waals surface area contributed by atoms with E-state index in [1.165, 1.54) is 0 Å². The van der Waals surface area contributed by atoms with Crippen LogP contribution in [0, 0.1) is 11.8 Å². The summed E-state index contributed by atoms with van der Waals surface area (Å²) >= 11 is 0. The molecular weight excluding hydrogens is 260 g/mol. The molecule has 1 heterocycles. The topological polar surface area (TPSA) is 87.0 Å². The lowest BCUT2D eigenvalue weighted by atomic mass is 9.83. The number of fused-ring (bicyclic) bond motifs is 1. The highest BCUT2D eigenvalue weighted by molar-refractivity contribution is 5.75. The first-order valence-corrected chi connectivity index (χ1v) is 6.99. The van der Waals surface area contributed by atoms with Gasteiger partial charge in [-0.2, -0.15) is 0 Å². The fourth-order valence-corrected chi connectivity index (χ4v) is 2.89. The summed E-state index contributed by atoms with van der Waals surface area (Å²) in [7, 11) is 0. The molecule has 1 saturated heterocycles. The van der Waals surface area contributed by atoms with Gasteiger partial charge < -0.3 is 20.1 Å². The predicted octanol–water partition coefficient (Wildman–Crippen LogP) is 0.545. The molecule has 5 heteroatoms. The van der Waals surface area contributed by atoms with Gasteiger partial charge >= 0.3 is 5.97 Å². The van der Waals surface area contributed by atoms with E-state index >= 15 is 0 Å². The summed E-state index contributed by atoms with van der Waals surface area (Å²) in [4.78, 5) is 11.7. The number of hydrogen-bond donors (Lipinski definition) is 3. The van der Waals surface area contributed by atoms with Gasteiger partial charge in [-0.25, -0.2) is 0 Å². The minimum atomic E-state index is -0.958. The molecule has 5 atom stereocenters. The summed E-state index contributed by atoms with van der Waals surface area (Å²) in [6.07, 6.45) is 0.850. The van der Waals surface area contributed by atoms with E-state index in [1.54, 1.807) is 6.08 Å². The molecule has 3 N–H and O–H groups in total. The zero-order valence-corrected chi connectivity index (χ0v) is 11.7. The summed E-state index contributed by atoms with van der Waals surface area (Å²) < 4.78 is 5.32. The van der Waals surface area contributed by atoms with Crippen molar-refractivity contribution in [3.8, 4) is 0 Å². The molecule has 1 aliphatic heterocycles. The second kappa shape index (κ2) is 6.08. The molecule has 2 rings (SSSR count). The van der Waals surface area contributed by atoms with Crippen molar-refractivity contribution in [1.29, 1.82) is 0 Å². The first kappa shape index (κ1) is 15.2. The molecule has 0 aromatic rings. The van der Waals surface area contributed by atoms with Gasteiger partial charge in [0.05, 0.1) is 24.7 Å². The van der Waals surface area contributed by atoms with Gasteiger partial charge in [0.25, 0.3) is 0 Å². The monoisotopic (exact) mass is 282 g/mol. The van der Waals surface area contributed by atoms with Crippen molar-refractivity contribution >= 4 is 5.97 Å². The first-order valence-electron chi connectivity index (χ1n) is 6.99. The van der Waals surface area contributed by atoms with Gasteiger partial charge in [0, 0.05) is 12.3 Å². The Kier molecular flexibility index (Phi) is 4.62. The average Bonchev–Trinajstić information content (AvgIpc) is 2.67. The minimum Gasteiger partial charge on any atom is -0.458 e. The van der Waals surface area contributed by atoms with E-state index < -0.39 is 18.3 Å². The number of hydrogen-bond acceptors (Lipinski definition) is 5. The molecule has 0 unspecified atom stereocenters. The molecule has 2 aliphatic rings. The van der Waals surface area contributed by atoms with Gasteiger partial charge in [0.1, 0.15) is 6.10 Å². The molecule has 0 amide bonds. The number of ether oxygens (including phenoxy) is 1. The first-order chi connectivity index (χ1) is 9.43. The van der Waals surface area contributed by atoms with Crippen LogP contribution in [0.3, 0.4) is 0 Å². The summed E-state index contributed by atoms with van der Waals surface area (Å²) in [5, 5.41) is 29.4. The number of aliphatic hydroxyl groups excluding tert-OH is 3. The average molecular weight is 282 g/mol. The number of carbonyl (C=O) groups excluding carboxylic acids is 1. The molecule has 112 valence electrons. The molecule has 1 fully saturated rings. The van der Waals surface area contributed by atoms with Crippen LogP contribution >= 0.6 is 0 Å². The van der Waals surface area contributed by atoms with Gasteiger partial charge in [-0.05, 0) is 30.1 Å². The van der Waals surface area contributed by atoms with E-state index in [0.717, 1.165) is 0 Å². The van der Waals surface area contributed by atoms with Crippen LogP contribution in [0.5, 0.6) is 0 Å². The molecule has 0 saturated carbocycles. The number of aliphatic hydroxyl groups is 3. The van der Waals surface area contributed by atoms with Crippen LogP contribution in [0.25, 0.3) is 0 Å². The van der Waals surface area contributed by atoms with Gasteiger partial charge in [0.2, 0.25) is 0 Å². The van der Waals surface area contributed by atoms with Crippen LogP contribution in [-0.4, -0.2) is 46.2 Å². The SMILES string of the molecule is C=C1CC[C@@H]2[C@@H](/C=C(/CO)[C@@H](O)C[C@H]1O)OC(=O)[C@@H]2C. The smallest absolute Gasteiger partial charge is 0.309 e. The summed E-state index contributed by atoms with van der Waals surface area (Å²) in [5.41, 5.74) is 1.03. The van der Waals surface area contributed by atoms with Crippen LogP contribution in [0.2, 0.25) is 0 Å². The predicted molar refractivity (Wildman–Crippen MR) is 72.7 cm³/mol. The summed E-state index contributed by atoms with van der Waals surface area (Å²) in [5.74, 6) is -0.496. The Morgan fingerprint density at radius 2 is 2.10 bits per heavy atom. The highest BCUT2D eigenvalue weighted by atomic mass is 16.6. The van der Waals surface area contributed by atoms with Gasteiger partial charge in [-0.1, -0.05) is 13.5 Å². The maximum absolute atomic E-state index is 11.7. The fraction of sp³-hybridized carbons (Fsp3) is 0.667. The molecule has 0 bridgehead atoms. The van der Waals surface area contributed by atoms with Crippen LogP contribution in [0.15, 0.2) is 23.8 Å². The van der Waals surface area contributed by atoms with E-state index in [-0.39, 0.29) is 30.8 Å². The maximum atomic E-state index is 11.7. The number of rotatable bonds is 1. The lowest BCUT2D eigenvalue weighted by Gasteiger charge is -2.25. The second-order valence-corrected chi connectivity index (χ2v) is 5.72. The quantitative estimate of drug-likeness (QED) is 0.483.